The molecule has 4 rings (SSSR count). The van der Waals surface area contributed by atoms with Crippen LogP contribution in [0.3, 0.4) is 0 Å². The number of aromatic amines is 1. The first-order valence-corrected chi connectivity index (χ1v) is 11.4. The number of benzene rings is 1. The van der Waals surface area contributed by atoms with Crippen LogP contribution in [-0.2, 0) is 20.9 Å². The molecule has 36 heavy (non-hydrogen) atoms. The number of aliphatic hydroxyl groups is 1. The van der Waals surface area contributed by atoms with Crippen molar-refractivity contribution in [2.75, 3.05) is 20.8 Å². The van der Waals surface area contributed by atoms with Crippen LogP contribution in [0.4, 0.5) is 0 Å². The number of nitrogens with zero attached hydrogens (tertiary/aromatic N) is 3. The van der Waals surface area contributed by atoms with Crippen molar-refractivity contribution < 1.29 is 29.0 Å². The number of esters is 1. The summed E-state index contributed by atoms with van der Waals surface area (Å²) in [7, 11) is 2.79. The summed E-state index contributed by atoms with van der Waals surface area (Å²) in [5, 5.41) is 11.5. The standard InChI is InChI=1S/C26H28N4O6/c1-15-19(16(2)28-21(15)26(34)36-4)23(31)20-22(17-7-5-8-18(13-17)35-3)30(25(33)24(20)32)11-6-10-29-12-9-27-14-29/h5,7-9,12-14,22,28,31H,6,10-11H2,1-4H3/b23-20+. The van der Waals surface area contributed by atoms with Crippen LogP contribution >= 0.6 is 0 Å². The van der Waals surface area contributed by atoms with E-state index in [1.54, 1.807) is 50.6 Å². The molecule has 1 aliphatic rings. The summed E-state index contributed by atoms with van der Waals surface area (Å²) < 4.78 is 12.1. The second kappa shape index (κ2) is 10.1. The number of ketones is 1. The van der Waals surface area contributed by atoms with Crippen LogP contribution < -0.4 is 4.74 Å². The van der Waals surface area contributed by atoms with Crippen molar-refractivity contribution in [2.45, 2.75) is 32.9 Å². The predicted molar refractivity (Wildman–Crippen MR) is 130 cm³/mol. The van der Waals surface area contributed by atoms with Crippen molar-refractivity contribution in [1.29, 1.82) is 0 Å². The first kappa shape index (κ1) is 24.8. The molecule has 1 atom stereocenters. The molecule has 1 saturated heterocycles. The Bertz CT molecular complexity index is 1340. The smallest absolute Gasteiger partial charge is 0.354 e. The first-order chi connectivity index (χ1) is 17.3. The van der Waals surface area contributed by atoms with E-state index in [2.05, 4.69) is 9.97 Å². The van der Waals surface area contributed by atoms with Crippen molar-refractivity contribution in [3.05, 3.63) is 76.6 Å². The van der Waals surface area contributed by atoms with Gasteiger partial charge in [-0.2, -0.15) is 0 Å². The van der Waals surface area contributed by atoms with E-state index in [-0.39, 0.29) is 23.6 Å². The van der Waals surface area contributed by atoms with Gasteiger partial charge in [0.25, 0.3) is 11.7 Å². The highest BCUT2D eigenvalue weighted by atomic mass is 16.5. The van der Waals surface area contributed by atoms with Crippen molar-refractivity contribution in [1.82, 2.24) is 19.4 Å². The number of likely N-dealkylation sites (tertiary alicyclic amines) is 1. The third-order valence-corrected chi connectivity index (χ3v) is 6.39. The van der Waals surface area contributed by atoms with Gasteiger partial charge in [0, 0.05) is 36.7 Å². The maximum atomic E-state index is 13.3. The number of Topliss-reactive ketones (excluding diaryl/α,β-unsaturated/α-hetero) is 1. The fraction of sp³-hybridized carbons (Fsp3) is 0.308. The number of imidazole rings is 1. The monoisotopic (exact) mass is 492 g/mol. The molecule has 3 heterocycles. The number of H-pyrrole nitrogens is 1. The zero-order valence-corrected chi connectivity index (χ0v) is 20.6. The molecule has 2 aromatic heterocycles. The molecule has 0 bridgehead atoms. The van der Waals surface area contributed by atoms with Gasteiger partial charge in [0.2, 0.25) is 0 Å². The van der Waals surface area contributed by atoms with Gasteiger partial charge in [-0.15, -0.1) is 0 Å². The van der Waals surface area contributed by atoms with E-state index in [9.17, 15) is 19.5 Å². The molecule has 1 amide bonds. The number of carbonyl (C=O) groups excluding carboxylic acids is 3. The molecule has 0 spiro atoms. The molecule has 1 aromatic carbocycles. The van der Waals surface area contributed by atoms with Gasteiger partial charge in [-0.05, 0) is 43.5 Å². The number of methoxy groups -OCH3 is 2. The van der Waals surface area contributed by atoms with Crippen LogP contribution in [-0.4, -0.2) is 63.0 Å². The molecule has 2 N–H and O–H groups in total. The summed E-state index contributed by atoms with van der Waals surface area (Å²) in [4.78, 5) is 47.1. The third-order valence-electron chi connectivity index (χ3n) is 6.39. The zero-order chi connectivity index (χ0) is 26.0. The third kappa shape index (κ3) is 4.37. The lowest BCUT2D eigenvalue weighted by Crippen LogP contribution is -2.31. The van der Waals surface area contributed by atoms with Gasteiger partial charge >= 0.3 is 5.97 Å². The Balaban J connectivity index is 1.81. The van der Waals surface area contributed by atoms with Crippen molar-refractivity contribution in [2.24, 2.45) is 0 Å². The largest absolute Gasteiger partial charge is 0.507 e. The molecule has 188 valence electrons. The van der Waals surface area contributed by atoms with Crippen LogP contribution in [0, 0.1) is 13.8 Å². The molecule has 10 heteroatoms. The van der Waals surface area contributed by atoms with E-state index in [0.29, 0.717) is 41.1 Å². The molecule has 1 unspecified atom stereocenters. The number of aromatic nitrogens is 3. The van der Waals surface area contributed by atoms with Crippen LogP contribution in [0.5, 0.6) is 5.75 Å². The lowest BCUT2D eigenvalue weighted by atomic mass is 9.94. The Morgan fingerprint density at radius 3 is 2.64 bits per heavy atom. The summed E-state index contributed by atoms with van der Waals surface area (Å²) in [6.07, 6.45) is 5.75. The number of carbonyl (C=O) groups is 3. The molecule has 1 aliphatic heterocycles. The Kier molecular flexibility index (Phi) is 6.96. The number of amides is 1. The van der Waals surface area contributed by atoms with Gasteiger partial charge in [0.1, 0.15) is 17.2 Å². The second-order valence-corrected chi connectivity index (χ2v) is 8.54. The normalized spacial score (nSPS) is 17.0. The van der Waals surface area contributed by atoms with Crippen molar-refractivity contribution in [3.8, 4) is 5.75 Å². The Labute approximate surface area is 208 Å². The van der Waals surface area contributed by atoms with Crippen LogP contribution in [0.25, 0.3) is 5.76 Å². The van der Waals surface area contributed by atoms with Crippen LogP contribution in [0.1, 0.15) is 45.3 Å². The SMILES string of the molecule is COC(=O)c1[nH]c(C)c(/C(O)=C2\C(=O)C(=O)N(CCCn3ccnc3)C2c2cccc(OC)c2)c1C. The molecule has 10 nitrogen and oxygen atoms in total. The second-order valence-electron chi connectivity index (χ2n) is 8.54. The van der Waals surface area contributed by atoms with Gasteiger partial charge in [-0.1, -0.05) is 12.1 Å². The van der Waals surface area contributed by atoms with E-state index >= 15 is 0 Å². The van der Waals surface area contributed by atoms with E-state index in [1.807, 2.05) is 10.8 Å². The average molecular weight is 493 g/mol. The quantitative estimate of drug-likeness (QED) is 0.214. The summed E-state index contributed by atoms with van der Waals surface area (Å²) in [6.45, 7) is 4.20. The number of aliphatic hydroxyl groups excluding tert-OH is 1. The Hall–Kier alpha value is -4.34. The number of hydrogen-bond donors (Lipinski definition) is 2. The van der Waals surface area contributed by atoms with Gasteiger partial charge < -0.3 is 29.0 Å². The minimum Gasteiger partial charge on any atom is -0.507 e. The predicted octanol–water partition coefficient (Wildman–Crippen LogP) is 3.14. The Morgan fingerprint density at radius 2 is 1.97 bits per heavy atom. The molecule has 0 radical (unpaired) electrons. The first-order valence-electron chi connectivity index (χ1n) is 11.4. The van der Waals surface area contributed by atoms with Gasteiger partial charge in [-0.3, -0.25) is 9.59 Å². The number of nitrogens with one attached hydrogen (secondary N) is 1. The maximum Gasteiger partial charge on any atom is 0.354 e. The average Bonchev–Trinajstić information content (AvgIpc) is 3.57. The highest BCUT2D eigenvalue weighted by Crippen LogP contribution is 2.41. The number of ether oxygens (including phenoxy) is 2. The maximum absolute atomic E-state index is 13.3. The summed E-state index contributed by atoms with van der Waals surface area (Å²) in [5.41, 5.74) is 1.94. The number of hydrogen-bond acceptors (Lipinski definition) is 7. The van der Waals surface area contributed by atoms with Gasteiger partial charge in [-0.25, -0.2) is 9.78 Å². The molecule has 3 aromatic rings. The van der Waals surface area contributed by atoms with E-state index < -0.39 is 23.7 Å². The Morgan fingerprint density at radius 1 is 1.19 bits per heavy atom. The van der Waals surface area contributed by atoms with Crippen LogP contribution in [0.2, 0.25) is 0 Å². The highest BCUT2D eigenvalue weighted by Gasteiger charge is 2.46. The summed E-state index contributed by atoms with van der Waals surface area (Å²) in [6, 6.07) is 6.22. The zero-order valence-electron chi connectivity index (χ0n) is 20.6. The summed E-state index contributed by atoms with van der Waals surface area (Å²) >= 11 is 0. The molecule has 0 aliphatic carbocycles. The van der Waals surface area contributed by atoms with E-state index in [0.717, 1.165) is 0 Å². The van der Waals surface area contributed by atoms with E-state index in [4.69, 9.17) is 9.47 Å². The summed E-state index contributed by atoms with van der Waals surface area (Å²) in [5.74, 6) is -1.88. The van der Waals surface area contributed by atoms with Crippen LogP contribution in [0.15, 0.2) is 48.6 Å². The minimum absolute atomic E-state index is 0.0440. The fourth-order valence-electron chi connectivity index (χ4n) is 4.66. The topological polar surface area (TPSA) is 127 Å². The van der Waals surface area contributed by atoms with Gasteiger partial charge in [0.15, 0.2) is 0 Å². The molecular weight excluding hydrogens is 464 g/mol. The molecular formula is C26H28N4O6. The number of aryl methyl sites for hydroxylation is 2. The number of rotatable bonds is 8. The van der Waals surface area contributed by atoms with Crippen molar-refractivity contribution >= 4 is 23.4 Å². The lowest BCUT2D eigenvalue weighted by Gasteiger charge is -2.25. The lowest BCUT2D eigenvalue weighted by molar-refractivity contribution is -0.139. The minimum atomic E-state index is -0.835. The van der Waals surface area contributed by atoms with Gasteiger partial charge in [0.05, 0.1) is 32.2 Å². The van der Waals surface area contributed by atoms with Crippen molar-refractivity contribution in [3.63, 3.8) is 0 Å². The molecule has 0 saturated carbocycles. The fourth-order valence-corrected chi connectivity index (χ4v) is 4.66. The highest BCUT2D eigenvalue weighted by molar-refractivity contribution is 6.46. The molecule has 1 fully saturated rings. The van der Waals surface area contributed by atoms with E-state index in [1.165, 1.54) is 19.1 Å².